The van der Waals surface area contributed by atoms with Gasteiger partial charge in [0.2, 0.25) is 0 Å². The Balaban J connectivity index is 2.23. The third-order valence-corrected chi connectivity index (χ3v) is 2.22. The van der Waals surface area contributed by atoms with Gasteiger partial charge in [-0.1, -0.05) is 6.92 Å². The number of hydrogen-bond donors (Lipinski definition) is 0. The van der Waals surface area contributed by atoms with Crippen LogP contribution < -0.4 is 0 Å². The number of aromatic nitrogens is 2. The van der Waals surface area contributed by atoms with E-state index in [1.54, 1.807) is 6.20 Å². The maximum absolute atomic E-state index is 5.67. The molecule has 0 N–H and O–H groups in total. The number of nitrogens with zero attached hydrogens (tertiary/aromatic N) is 3. The summed E-state index contributed by atoms with van der Waals surface area (Å²) in [4.78, 5) is 2.31. The van der Waals surface area contributed by atoms with E-state index in [9.17, 15) is 0 Å². The summed E-state index contributed by atoms with van der Waals surface area (Å²) in [6.07, 6.45) is 3.78. The molecule has 0 aliphatic heterocycles. The minimum atomic E-state index is 0.701. The molecule has 0 aliphatic carbocycles. The Morgan fingerprint density at radius 3 is 2.85 bits per heavy atom. The highest BCUT2D eigenvalue weighted by Gasteiger charge is 2.00. The van der Waals surface area contributed by atoms with E-state index in [0.29, 0.717) is 5.88 Å². The first-order valence-corrected chi connectivity index (χ1v) is 5.16. The van der Waals surface area contributed by atoms with Gasteiger partial charge in [-0.15, -0.1) is 11.6 Å². The molecule has 0 aliphatic rings. The summed E-state index contributed by atoms with van der Waals surface area (Å²) in [7, 11) is 0. The highest BCUT2D eigenvalue weighted by molar-refractivity contribution is 6.18. The Bertz CT molecular complexity index is 211. The van der Waals surface area contributed by atoms with Crippen molar-refractivity contribution in [1.29, 1.82) is 0 Å². The minimum Gasteiger partial charge on any atom is -0.301 e. The van der Waals surface area contributed by atoms with Crippen LogP contribution in [0.15, 0.2) is 18.5 Å². The second-order valence-corrected chi connectivity index (χ2v) is 3.27. The number of likely N-dealkylation sites (N-methyl/N-ethyl adjacent to an activating group) is 1. The zero-order valence-corrected chi connectivity index (χ0v) is 8.74. The summed E-state index contributed by atoms with van der Waals surface area (Å²) in [5.74, 6) is 0.701. The summed E-state index contributed by atoms with van der Waals surface area (Å²) in [6.45, 7) is 6.12. The normalized spacial score (nSPS) is 11.0. The maximum atomic E-state index is 5.67. The predicted octanol–water partition coefficient (Wildman–Crippen LogP) is 1.44. The Morgan fingerprint density at radius 1 is 1.46 bits per heavy atom. The summed E-state index contributed by atoms with van der Waals surface area (Å²) in [5.41, 5.74) is 0. The van der Waals surface area contributed by atoms with Gasteiger partial charge in [0.15, 0.2) is 0 Å². The molecule has 1 aromatic rings. The lowest BCUT2D eigenvalue weighted by Gasteiger charge is -2.18. The van der Waals surface area contributed by atoms with Gasteiger partial charge in [0.1, 0.15) is 0 Å². The molecule has 1 heterocycles. The Labute approximate surface area is 84.3 Å². The van der Waals surface area contributed by atoms with Crippen LogP contribution in [0.1, 0.15) is 6.92 Å². The van der Waals surface area contributed by atoms with Crippen LogP contribution in [0.5, 0.6) is 0 Å². The fraction of sp³-hybridized carbons (Fsp3) is 0.667. The first-order chi connectivity index (χ1) is 6.36. The molecule has 0 unspecified atom stereocenters. The van der Waals surface area contributed by atoms with Gasteiger partial charge in [0.05, 0.1) is 6.54 Å². The van der Waals surface area contributed by atoms with Crippen molar-refractivity contribution in [1.82, 2.24) is 14.7 Å². The molecule has 0 bridgehead atoms. The zero-order chi connectivity index (χ0) is 9.52. The van der Waals surface area contributed by atoms with Gasteiger partial charge in [-0.2, -0.15) is 5.10 Å². The van der Waals surface area contributed by atoms with Crippen molar-refractivity contribution in [3.63, 3.8) is 0 Å². The van der Waals surface area contributed by atoms with Crippen molar-refractivity contribution in [2.24, 2.45) is 0 Å². The van der Waals surface area contributed by atoms with E-state index in [1.807, 2.05) is 16.9 Å². The molecular weight excluding hydrogens is 186 g/mol. The Morgan fingerprint density at radius 2 is 2.31 bits per heavy atom. The zero-order valence-electron chi connectivity index (χ0n) is 7.99. The summed E-state index contributed by atoms with van der Waals surface area (Å²) in [6, 6.07) is 1.94. The molecule has 3 nitrogen and oxygen atoms in total. The predicted molar refractivity (Wildman–Crippen MR) is 55.1 cm³/mol. The largest absolute Gasteiger partial charge is 0.301 e. The van der Waals surface area contributed by atoms with Crippen LogP contribution in [0.3, 0.4) is 0 Å². The van der Waals surface area contributed by atoms with Crippen LogP contribution in [0, 0.1) is 0 Å². The van der Waals surface area contributed by atoms with E-state index in [-0.39, 0.29) is 0 Å². The quantitative estimate of drug-likeness (QED) is 0.650. The van der Waals surface area contributed by atoms with E-state index >= 15 is 0 Å². The molecule has 4 heteroatoms. The molecule has 0 amide bonds. The van der Waals surface area contributed by atoms with Crippen molar-refractivity contribution in [3.8, 4) is 0 Å². The van der Waals surface area contributed by atoms with Crippen LogP contribution in [0.25, 0.3) is 0 Å². The first-order valence-electron chi connectivity index (χ1n) is 4.62. The Kier molecular flexibility index (Phi) is 4.86. The number of alkyl halides is 1. The first kappa shape index (κ1) is 10.5. The SMILES string of the molecule is CCN(CCCl)CCn1cccn1. The summed E-state index contributed by atoms with van der Waals surface area (Å²) in [5, 5.41) is 4.14. The Hall–Kier alpha value is -0.540. The van der Waals surface area contributed by atoms with E-state index < -0.39 is 0 Å². The second kappa shape index (κ2) is 6.00. The third kappa shape index (κ3) is 3.79. The van der Waals surface area contributed by atoms with Gasteiger partial charge in [-0.3, -0.25) is 4.68 Å². The smallest absolute Gasteiger partial charge is 0.0536 e. The van der Waals surface area contributed by atoms with Crippen LogP contribution in [-0.2, 0) is 6.54 Å². The molecule has 74 valence electrons. The van der Waals surface area contributed by atoms with Gasteiger partial charge < -0.3 is 4.90 Å². The molecular formula is C9H16ClN3. The molecule has 1 rings (SSSR count). The van der Waals surface area contributed by atoms with E-state index in [1.165, 1.54) is 0 Å². The van der Waals surface area contributed by atoms with E-state index in [2.05, 4.69) is 16.9 Å². The van der Waals surface area contributed by atoms with Crippen molar-refractivity contribution in [2.45, 2.75) is 13.5 Å². The lowest BCUT2D eigenvalue weighted by Crippen LogP contribution is -2.29. The molecule has 0 fully saturated rings. The van der Waals surface area contributed by atoms with Gasteiger partial charge in [0, 0.05) is 31.4 Å². The lowest BCUT2D eigenvalue weighted by molar-refractivity contribution is 0.287. The second-order valence-electron chi connectivity index (χ2n) is 2.89. The average Bonchev–Trinajstić information content (AvgIpc) is 2.64. The molecule has 1 aromatic heterocycles. The van der Waals surface area contributed by atoms with Crippen molar-refractivity contribution in [3.05, 3.63) is 18.5 Å². The van der Waals surface area contributed by atoms with Crippen LogP contribution >= 0.6 is 11.6 Å². The van der Waals surface area contributed by atoms with Gasteiger partial charge in [-0.25, -0.2) is 0 Å². The molecule has 0 aromatic carbocycles. The minimum absolute atomic E-state index is 0.701. The summed E-state index contributed by atoms with van der Waals surface area (Å²) >= 11 is 5.67. The highest BCUT2D eigenvalue weighted by atomic mass is 35.5. The standard InChI is InChI=1S/C9H16ClN3/c1-2-12(7-4-10)8-9-13-6-3-5-11-13/h3,5-6H,2,4,7-9H2,1H3. The van der Waals surface area contributed by atoms with Crippen molar-refractivity contribution < 1.29 is 0 Å². The van der Waals surface area contributed by atoms with Gasteiger partial charge in [0.25, 0.3) is 0 Å². The third-order valence-electron chi connectivity index (χ3n) is 2.05. The molecule has 13 heavy (non-hydrogen) atoms. The summed E-state index contributed by atoms with van der Waals surface area (Å²) < 4.78 is 1.94. The van der Waals surface area contributed by atoms with Crippen molar-refractivity contribution in [2.75, 3.05) is 25.5 Å². The molecule has 0 saturated heterocycles. The average molecular weight is 202 g/mol. The van der Waals surface area contributed by atoms with Gasteiger partial charge in [-0.05, 0) is 12.6 Å². The van der Waals surface area contributed by atoms with Crippen molar-refractivity contribution >= 4 is 11.6 Å². The van der Waals surface area contributed by atoms with Crippen LogP contribution in [0.4, 0.5) is 0 Å². The van der Waals surface area contributed by atoms with E-state index in [4.69, 9.17) is 11.6 Å². The topological polar surface area (TPSA) is 21.1 Å². The van der Waals surface area contributed by atoms with E-state index in [0.717, 1.165) is 26.2 Å². The fourth-order valence-corrected chi connectivity index (χ4v) is 1.46. The number of halogens is 1. The number of rotatable bonds is 6. The fourth-order valence-electron chi connectivity index (χ4n) is 1.22. The monoisotopic (exact) mass is 201 g/mol. The van der Waals surface area contributed by atoms with Crippen LogP contribution in [-0.4, -0.2) is 40.2 Å². The van der Waals surface area contributed by atoms with Crippen LogP contribution in [0.2, 0.25) is 0 Å². The maximum Gasteiger partial charge on any atom is 0.0536 e. The lowest BCUT2D eigenvalue weighted by atomic mass is 10.4. The molecule has 0 spiro atoms. The molecule has 0 saturated carbocycles. The highest BCUT2D eigenvalue weighted by Crippen LogP contribution is 1.92. The number of hydrogen-bond acceptors (Lipinski definition) is 2. The molecule has 0 radical (unpaired) electrons. The molecule has 0 atom stereocenters. The van der Waals surface area contributed by atoms with Gasteiger partial charge >= 0.3 is 0 Å².